The number of pyridine rings is 1. The summed E-state index contributed by atoms with van der Waals surface area (Å²) >= 11 is 18.7. The largest absolute Gasteiger partial charge is 0.228 e. The van der Waals surface area contributed by atoms with Gasteiger partial charge in [0, 0.05) is 15.8 Å². The van der Waals surface area contributed by atoms with E-state index in [1.54, 1.807) is 16.8 Å². The Hall–Kier alpha value is -1.81. The van der Waals surface area contributed by atoms with Crippen LogP contribution in [0.1, 0.15) is 5.69 Å². The fraction of sp³-hybridized carbons (Fsp3) is 0.0588. The lowest BCUT2D eigenvalue weighted by molar-refractivity contribution is 0.880. The number of fused-ring (bicyclic) bond motifs is 2. The normalized spacial score (nSPS) is 11.5. The molecule has 6 heteroatoms. The minimum absolute atomic E-state index is 0.432. The van der Waals surface area contributed by atoms with Crippen molar-refractivity contribution in [3.8, 4) is 5.69 Å². The molecule has 0 unspecified atom stereocenters. The van der Waals surface area contributed by atoms with Crippen molar-refractivity contribution in [2.75, 3.05) is 0 Å². The van der Waals surface area contributed by atoms with Crippen molar-refractivity contribution >= 4 is 56.7 Å². The molecule has 0 amide bonds. The molecule has 0 saturated heterocycles. The van der Waals surface area contributed by atoms with Crippen molar-refractivity contribution in [2.45, 2.75) is 6.92 Å². The smallest absolute Gasteiger partial charge is 0.163 e. The van der Waals surface area contributed by atoms with Gasteiger partial charge in [0.05, 0.1) is 21.3 Å². The summed E-state index contributed by atoms with van der Waals surface area (Å²) in [6.07, 6.45) is 0. The average Bonchev–Trinajstić information content (AvgIpc) is 2.81. The Bertz CT molecular complexity index is 1050. The first-order valence-corrected chi connectivity index (χ1v) is 8.08. The highest BCUT2D eigenvalue weighted by Crippen LogP contribution is 2.34. The van der Waals surface area contributed by atoms with Crippen LogP contribution in [0.15, 0.2) is 42.5 Å². The Morgan fingerprint density at radius 3 is 2.39 bits per heavy atom. The Labute approximate surface area is 147 Å². The van der Waals surface area contributed by atoms with Crippen LogP contribution in [0.25, 0.3) is 27.6 Å². The third-order valence-electron chi connectivity index (χ3n) is 3.74. The number of para-hydroxylation sites is 1. The van der Waals surface area contributed by atoms with E-state index in [2.05, 4.69) is 11.2 Å². The number of rotatable bonds is 1. The fourth-order valence-electron chi connectivity index (χ4n) is 2.68. The first kappa shape index (κ1) is 14.8. The molecule has 0 aliphatic carbocycles. The number of hydrogen-bond donors (Lipinski definition) is 0. The van der Waals surface area contributed by atoms with E-state index in [1.807, 2.05) is 31.2 Å². The van der Waals surface area contributed by atoms with Gasteiger partial charge < -0.3 is 0 Å². The van der Waals surface area contributed by atoms with Crippen molar-refractivity contribution in [1.82, 2.24) is 14.8 Å². The zero-order valence-corrected chi connectivity index (χ0v) is 14.3. The molecule has 0 bridgehead atoms. The van der Waals surface area contributed by atoms with Crippen LogP contribution in [0.3, 0.4) is 0 Å². The van der Waals surface area contributed by atoms with E-state index in [9.17, 15) is 0 Å². The highest BCUT2D eigenvalue weighted by molar-refractivity contribution is 6.40. The number of aryl methyl sites for hydroxylation is 1. The maximum absolute atomic E-state index is 6.34. The summed E-state index contributed by atoms with van der Waals surface area (Å²) in [6, 6.07) is 13.3. The van der Waals surface area contributed by atoms with Crippen molar-refractivity contribution in [1.29, 1.82) is 0 Å². The van der Waals surface area contributed by atoms with Gasteiger partial charge in [-0.3, -0.25) is 0 Å². The molecule has 0 aliphatic heterocycles. The van der Waals surface area contributed by atoms with E-state index < -0.39 is 0 Å². The predicted molar refractivity (Wildman–Crippen MR) is 96.1 cm³/mol. The van der Waals surface area contributed by atoms with Gasteiger partial charge in [0.25, 0.3) is 0 Å². The van der Waals surface area contributed by atoms with Gasteiger partial charge >= 0.3 is 0 Å². The van der Waals surface area contributed by atoms with E-state index >= 15 is 0 Å². The van der Waals surface area contributed by atoms with Crippen LogP contribution in [0.5, 0.6) is 0 Å². The minimum Gasteiger partial charge on any atom is -0.228 e. The molecule has 2 aromatic heterocycles. The Morgan fingerprint density at radius 2 is 1.65 bits per heavy atom. The molecule has 0 spiro atoms. The lowest BCUT2D eigenvalue weighted by Gasteiger charge is -2.09. The van der Waals surface area contributed by atoms with Crippen molar-refractivity contribution in [3.05, 3.63) is 63.2 Å². The molecular formula is C17H10Cl3N3. The quantitative estimate of drug-likeness (QED) is 0.426. The van der Waals surface area contributed by atoms with Gasteiger partial charge in [-0.2, -0.15) is 5.10 Å². The highest BCUT2D eigenvalue weighted by Gasteiger charge is 2.17. The lowest BCUT2D eigenvalue weighted by Crippen LogP contribution is -2.00. The summed E-state index contributed by atoms with van der Waals surface area (Å²) in [5.41, 5.74) is 3.05. The van der Waals surface area contributed by atoms with Gasteiger partial charge in [-0.05, 0) is 31.2 Å². The molecule has 2 heterocycles. The van der Waals surface area contributed by atoms with Crippen LogP contribution in [0, 0.1) is 6.92 Å². The van der Waals surface area contributed by atoms with Gasteiger partial charge in [0.2, 0.25) is 0 Å². The third-order valence-corrected chi connectivity index (χ3v) is 4.53. The van der Waals surface area contributed by atoms with Crippen LogP contribution in [0.4, 0.5) is 0 Å². The van der Waals surface area contributed by atoms with Crippen LogP contribution >= 0.6 is 34.8 Å². The summed E-state index contributed by atoms with van der Waals surface area (Å²) in [7, 11) is 0. The lowest BCUT2D eigenvalue weighted by atomic mass is 10.1. The minimum atomic E-state index is 0.432. The van der Waals surface area contributed by atoms with Gasteiger partial charge in [0.15, 0.2) is 5.65 Å². The molecule has 114 valence electrons. The van der Waals surface area contributed by atoms with E-state index in [1.165, 1.54) is 0 Å². The van der Waals surface area contributed by atoms with E-state index in [0.717, 1.165) is 22.0 Å². The molecule has 2 aromatic carbocycles. The number of halogens is 3. The third kappa shape index (κ3) is 2.36. The highest BCUT2D eigenvalue weighted by atomic mass is 35.5. The van der Waals surface area contributed by atoms with Crippen LogP contribution in [-0.4, -0.2) is 14.8 Å². The monoisotopic (exact) mass is 361 g/mol. The van der Waals surface area contributed by atoms with Gasteiger partial charge in [-0.15, -0.1) is 0 Å². The Morgan fingerprint density at radius 1 is 0.957 bits per heavy atom. The average molecular weight is 363 g/mol. The molecular weight excluding hydrogens is 353 g/mol. The van der Waals surface area contributed by atoms with Gasteiger partial charge in [-0.25, -0.2) is 9.67 Å². The first-order chi connectivity index (χ1) is 11.0. The molecule has 4 rings (SSSR count). The molecule has 3 nitrogen and oxygen atoms in total. The zero-order valence-electron chi connectivity index (χ0n) is 12.0. The van der Waals surface area contributed by atoms with E-state index in [0.29, 0.717) is 26.4 Å². The fourth-order valence-corrected chi connectivity index (χ4v) is 3.65. The number of aromatic nitrogens is 3. The standard InChI is InChI=1S/C17H10Cl3N3/c1-9-12-6-10-4-2-3-5-15(10)21-17(12)23(22-9)16-13(19)7-11(18)8-14(16)20/h2-8H,1H3. The summed E-state index contributed by atoms with van der Waals surface area (Å²) in [5.74, 6) is 0. The predicted octanol–water partition coefficient (Wildman–Crippen LogP) is 5.84. The maximum atomic E-state index is 6.34. The summed E-state index contributed by atoms with van der Waals surface area (Å²) in [5, 5.41) is 7.95. The van der Waals surface area contributed by atoms with E-state index in [4.69, 9.17) is 39.8 Å². The molecule has 23 heavy (non-hydrogen) atoms. The molecule has 4 aromatic rings. The molecule has 0 saturated carbocycles. The second kappa shape index (κ2) is 5.38. The summed E-state index contributed by atoms with van der Waals surface area (Å²) < 4.78 is 1.68. The SMILES string of the molecule is Cc1nn(-c2c(Cl)cc(Cl)cc2Cl)c2nc3ccccc3cc12. The van der Waals surface area contributed by atoms with Crippen LogP contribution < -0.4 is 0 Å². The van der Waals surface area contributed by atoms with Crippen molar-refractivity contribution in [3.63, 3.8) is 0 Å². The second-order valence-corrected chi connectivity index (χ2v) is 6.52. The summed E-state index contributed by atoms with van der Waals surface area (Å²) in [4.78, 5) is 4.73. The van der Waals surface area contributed by atoms with Crippen LogP contribution in [0.2, 0.25) is 15.1 Å². The maximum Gasteiger partial charge on any atom is 0.163 e. The molecule has 0 N–H and O–H groups in total. The zero-order chi connectivity index (χ0) is 16.1. The first-order valence-electron chi connectivity index (χ1n) is 6.94. The van der Waals surface area contributed by atoms with Gasteiger partial charge in [-0.1, -0.05) is 53.0 Å². The number of hydrogen-bond acceptors (Lipinski definition) is 2. The Balaban J connectivity index is 2.11. The topological polar surface area (TPSA) is 30.7 Å². The van der Waals surface area contributed by atoms with Crippen molar-refractivity contribution < 1.29 is 0 Å². The molecule has 0 fully saturated rings. The molecule has 0 atom stereocenters. The number of nitrogens with zero attached hydrogens (tertiary/aromatic N) is 3. The van der Waals surface area contributed by atoms with Crippen molar-refractivity contribution in [2.24, 2.45) is 0 Å². The molecule has 0 radical (unpaired) electrons. The summed E-state index contributed by atoms with van der Waals surface area (Å²) in [6.45, 7) is 1.94. The second-order valence-electron chi connectivity index (χ2n) is 5.27. The van der Waals surface area contributed by atoms with E-state index in [-0.39, 0.29) is 0 Å². The van der Waals surface area contributed by atoms with Crippen LogP contribution in [-0.2, 0) is 0 Å². The van der Waals surface area contributed by atoms with Gasteiger partial charge in [0.1, 0.15) is 5.69 Å². The Kier molecular flexibility index (Phi) is 3.45. The molecule has 0 aliphatic rings. The number of benzene rings is 2.